The lowest BCUT2D eigenvalue weighted by atomic mass is 10.1. The van der Waals surface area contributed by atoms with Crippen LogP contribution in [0.1, 0.15) is 29.7 Å². The Labute approximate surface area is 115 Å². The Hall–Kier alpha value is -1.80. The molecule has 0 radical (unpaired) electrons. The summed E-state index contributed by atoms with van der Waals surface area (Å²) in [6.45, 7) is 5.17. The van der Waals surface area contributed by atoms with Gasteiger partial charge in [-0.15, -0.1) is 0 Å². The number of aryl methyl sites for hydroxylation is 1. The lowest BCUT2D eigenvalue weighted by Gasteiger charge is -2.15. The summed E-state index contributed by atoms with van der Waals surface area (Å²) in [4.78, 5) is 0. The van der Waals surface area contributed by atoms with E-state index in [2.05, 4.69) is 55.6 Å². The first kappa shape index (κ1) is 13.6. The molecule has 2 heteroatoms. The molecule has 0 saturated heterocycles. The molecular formula is C17H21NO. The summed E-state index contributed by atoms with van der Waals surface area (Å²) in [5.41, 5.74) is 3.88. The molecule has 19 heavy (non-hydrogen) atoms. The van der Waals surface area contributed by atoms with Gasteiger partial charge in [0.1, 0.15) is 5.75 Å². The number of methoxy groups -OCH3 is 1. The highest BCUT2D eigenvalue weighted by molar-refractivity contribution is 5.29. The van der Waals surface area contributed by atoms with Gasteiger partial charge in [0.2, 0.25) is 0 Å². The maximum absolute atomic E-state index is 5.17. The van der Waals surface area contributed by atoms with Gasteiger partial charge in [-0.1, -0.05) is 42.0 Å². The van der Waals surface area contributed by atoms with E-state index in [0.29, 0.717) is 6.04 Å². The standard InChI is InChI=1S/C17H21NO/c1-13-4-6-15(7-5-13)12-18-14(2)16-8-10-17(19-3)11-9-16/h4-11,14,18H,12H2,1-3H3/t14-/m1/s1. The number of nitrogens with one attached hydrogen (secondary N) is 1. The van der Waals surface area contributed by atoms with Crippen LogP contribution in [0.15, 0.2) is 48.5 Å². The zero-order valence-corrected chi connectivity index (χ0v) is 11.8. The van der Waals surface area contributed by atoms with E-state index in [1.54, 1.807) is 7.11 Å². The summed E-state index contributed by atoms with van der Waals surface area (Å²) in [5, 5.41) is 3.53. The minimum absolute atomic E-state index is 0.326. The van der Waals surface area contributed by atoms with Gasteiger partial charge < -0.3 is 10.1 Å². The van der Waals surface area contributed by atoms with E-state index < -0.39 is 0 Å². The van der Waals surface area contributed by atoms with Gasteiger partial charge in [0.05, 0.1) is 7.11 Å². The maximum Gasteiger partial charge on any atom is 0.118 e. The van der Waals surface area contributed by atoms with Gasteiger partial charge in [0.25, 0.3) is 0 Å². The molecule has 100 valence electrons. The van der Waals surface area contributed by atoms with Crippen molar-refractivity contribution in [1.29, 1.82) is 0 Å². The van der Waals surface area contributed by atoms with E-state index in [0.717, 1.165) is 12.3 Å². The molecule has 0 saturated carbocycles. The summed E-state index contributed by atoms with van der Waals surface area (Å²) in [7, 11) is 1.69. The van der Waals surface area contributed by atoms with Crippen LogP contribution in [-0.2, 0) is 6.54 Å². The van der Waals surface area contributed by atoms with Crippen molar-refractivity contribution in [2.75, 3.05) is 7.11 Å². The fraction of sp³-hybridized carbons (Fsp3) is 0.294. The van der Waals surface area contributed by atoms with Crippen LogP contribution in [0, 0.1) is 6.92 Å². The van der Waals surface area contributed by atoms with Crippen molar-refractivity contribution >= 4 is 0 Å². The van der Waals surface area contributed by atoms with E-state index in [-0.39, 0.29) is 0 Å². The molecule has 0 unspecified atom stereocenters. The first-order chi connectivity index (χ1) is 9.19. The van der Waals surface area contributed by atoms with Crippen molar-refractivity contribution < 1.29 is 4.74 Å². The maximum atomic E-state index is 5.17. The lowest BCUT2D eigenvalue weighted by molar-refractivity contribution is 0.414. The zero-order chi connectivity index (χ0) is 13.7. The number of hydrogen-bond acceptors (Lipinski definition) is 2. The monoisotopic (exact) mass is 255 g/mol. The molecule has 1 atom stereocenters. The van der Waals surface area contributed by atoms with Gasteiger partial charge in [0.15, 0.2) is 0 Å². The van der Waals surface area contributed by atoms with Crippen LogP contribution < -0.4 is 10.1 Å². The zero-order valence-electron chi connectivity index (χ0n) is 11.8. The van der Waals surface area contributed by atoms with Crippen molar-refractivity contribution in [2.24, 2.45) is 0 Å². The van der Waals surface area contributed by atoms with Crippen molar-refractivity contribution in [2.45, 2.75) is 26.4 Å². The van der Waals surface area contributed by atoms with Crippen LogP contribution in [0.25, 0.3) is 0 Å². The molecule has 0 fully saturated rings. The van der Waals surface area contributed by atoms with Gasteiger partial charge in [-0.25, -0.2) is 0 Å². The van der Waals surface area contributed by atoms with E-state index in [9.17, 15) is 0 Å². The first-order valence-corrected chi connectivity index (χ1v) is 6.62. The third-order valence-electron chi connectivity index (χ3n) is 3.35. The highest BCUT2D eigenvalue weighted by Gasteiger charge is 2.04. The first-order valence-electron chi connectivity index (χ1n) is 6.62. The van der Waals surface area contributed by atoms with Crippen LogP contribution in [0.2, 0.25) is 0 Å². The molecule has 0 bridgehead atoms. The van der Waals surface area contributed by atoms with Crippen molar-refractivity contribution in [3.63, 3.8) is 0 Å². The molecular weight excluding hydrogens is 234 g/mol. The molecule has 0 spiro atoms. The molecule has 2 nitrogen and oxygen atoms in total. The van der Waals surface area contributed by atoms with Crippen molar-refractivity contribution in [3.05, 3.63) is 65.2 Å². The number of rotatable bonds is 5. The summed E-state index contributed by atoms with van der Waals surface area (Å²) in [6.07, 6.45) is 0. The van der Waals surface area contributed by atoms with Crippen LogP contribution in [0.5, 0.6) is 5.75 Å². The molecule has 0 aromatic heterocycles. The minimum Gasteiger partial charge on any atom is -0.497 e. The summed E-state index contributed by atoms with van der Waals surface area (Å²) in [6, 6.07) is 17.2. The van der Waals surface area contributed by atoms with Crippen LogP contribution in [-0.4, -0.2) is 7.11 Å². The number of benzene rings is 2. The van der Waals surface area contributed by atoms with Crippen LogP contribution in [0.3, 0.4) is 0 Å². The second-order valence-electron chi connectivity index (χ2n) is 4.86. The van der Waals surface area contributed by atoms with E-state index in [1.807, 2.05) is 12.1 Å². The average molecular weight is 255 g/mol. The second-order valence-corrected chi connectivity index (χ2v) is 4.86. The molecule has 1 N–H and O–H groups in total. The Kier molecular flexibility index (Phi) is 4.58. The Morgan fingerprint density at radius 2 is 1.63 bits per heavy atom. The normalized spacial score (nSPS) is 12.2. The summed E-state index contributed by atoms with van der Waals surface area (Å²) >= 11 is 0. The summed E-state index contributed by atoms with van der Waals surface area (Å²) in [5.74, 6) is 0.898. The number of hydrogen-bond donors (Lipinski definition) is 1. The van der Waals surface area contributed by atoms with E-state index >= 15 is 0 Å². The molecule has 0 aliphatic carbocycles. The average Bonchev–Trinajstić information content (AvgIpc) is 2.46. The third kappa shape index (κ3) is 3.83. The highest BCUT2D eigenvalue weighted by atomic mass is 16.5. The second kappa shape index (κ2) is 6.39. The van der Waals surface area contributed by atoms with Gasteiger partial charge in [0, 0.05) is 12.6 Å². The minimum atomic E-state index is 0.326. The van der Waals surface area contributed by atoms with Gasteiger partial charge >= 0.3 is 0 Å². The molecule has 2 rings (SSSR count). The van der Waals surface area contributed by atoms with E-state index in [1.165, 1.54) is 16.7 Å². The SMILES string of the molecule is COc1ccc([C@@H](C)NCc2ccc(C)cc2)cc1. The molecule has 0 aliphatic rings. The van der Waals surface area contributed by atoms with Gasteiger partial charge in [-0.05, 0) is 37.1 Å². The third-order valence-corrected chi connectivity index (χ3v) is 3.35. The fourth-order valence-electron chi connectivity index (χ4n) is 1.99. The fourth-order valence-corrected chi connectivity index (χ4v) is 1.99. The quantitative estimate of drug-likeness (QED) is 0.876. The van der Waals surface area contributed by atoms with Crippen LogP contribution >= 0.6 is 0 Å². The topological polar surface area (TPSA) is 21.3 Å². The lowest BCUT2D eigenvalue weighted by Crippen LogP contribution is -2.17. The van der Waals surface area contributed by atoms with Crippen molar-refractivity contribution in [1.82, 2.24) is 5.32 Å². The summed E-state index contributed by atoms with van der Waals surface area (Å²) < 4.78 is 5.17. The van der Waals surface area contributed by atoms with Crippen molar-refractivity contribution in [3.8, 4) is 5.75 Å². The Bertz CT molecular complexity index is 502. The Morgan fingerprint density at radius 3 is 2.21 bits per heavy atom. The largest absolute Gasteiger partial charge is 0.497 e. The molecule has 0 heterocycles. The highest BCUT2D eigenvalue weighted by Crippen LogP contribution is 2.17. The molecule has 0 aliphatic heterocycles. The molecule has 2 aromatic carbocycles. The van der Waals surface area contributed by atoms with E-state index in [4.69, 9.17) is 4.74 Å². The predicted molar refractivity (Wildman–Crippen MR) is 79.4 cm³/mol. The Balaban J connectivity index is 1.93. The van der Waals surface area contributed by atoms with Gasteiger partial charge in [-0.3, -0.25) is 0 Å². The predicted octanol–water partition coefficient (Wildman–Crippen LogP) is 3.85. The number of ether oxygens (including phenoxy) is 1. The molecule has 0 amide bonds. The van der Waals surface area contributed by atoms with Crippen LogP contribution in [0.4, 0.5) is 0 Å². The van der Waals surface area contributed by atoms with Gasteiger partial charge in [-0.2, -0.15) is 0 Å². The smallest absolute Gasteiger partial charge is 0.118 e. The Morgan fingerprint density at radius 1 is 1.00 bits per heavy atom. The molecule has 2 aromatic rings.